The molecule has 0 saturated carbocycles. The molecule has 0 aliphatic rings. The summed E-state index contributed by atoms with van der Waals surface area (Å²) in [4.78, 5) is 2.01. The van der Waals surface area contributed by atoms with E-state index in [-0.39, 0.29) is 0 Å². The van der Waals surface area contributed by atoms with Gasteiger partial charge >= 0.3 is 0 Å². The van der Waals surface area contributed by atoms with E-state index in [1.54, 1.807) is 17.8 Å². The van der Waals surface area contributed by atoms with E-state index in [2.05, 4.69) is 11.4 Å². The van der Waals surface area contributed by atoms with Crippen LogP contribution in [0.25, 0.3) is 0 Å². The van der Waals surface area contributed by atoms with E-state index in [1.807, 2.05) is 31.3 Å². The Balaban J connectivity index is 2.20. The van der Waals surface area contributed by atoms with E-state index in [0.29, 0.717) is 10.0 Å². The lowest BCUT2D eigenvalue weighted by Crippen LogP contribution is -2.04. The summed E-state index contributed by atoms with van der Waals surface area (Å²) < 4.78 is 0. The third kappa shape index (κ3) is 4.04. The van der Waals surface area contributed by atoms with Gasteiger partial charge < -0.3 is 5.32 Å². The zero-order valence-electron chi connectivity index (χ0n) is 10.2. The van der Waals surface area contributed by atoms with Crippen molar-refractivity contribution in [1.29, 1.82) is 0 Å². The molecule has 2 aromatic carbocycles. The molecule has 1 N–H and O–H groups in total. The molecule has 2 rings (SSSR count). The highest BCUT2D eigenvalue weighted by Gasteiger charge is 2.06. The summed E-state index contributed by atoms with van der Waals surface area (Å²) in [5.41, 5.74) is 1.16. The molecule has 5 heteroatoms. The predicted octanol–water partition coefficient (Wildman–Crippen LogP) is 5.52. The Bertz CT molecular complexity index is 587. The normalized spacial score (nSPS) is 10.7. The van der Waals surface area contributed by atoms with Crippen LogP contribution in [0.5, 0.6) is 0 Å². The van der Waals surface area contributed by atoms with Crippen LogP contribution in [-0.2, 0) is 6.54 Å². The van der Waals surface area contributed by atoms with E-state index in [0.717, 1.165) is 26.9 Å². The molecule has 0 saturated heterocycles. The quantitative estimate of drug-likeness (QED) is 0.791. The van der Waals surface area contributed by atoms with Gasteiger partial charge in [0.25, 0.3) is 0 Å². The minimum atomic E-state index is 0.551. The number of rotatable bonds is 4. The third-order valence-corrected chi connectivity index (χ3v) is 4.73. The third-order valence-electron chi connectivity index (χ3n) is 2.50. The van der Waals surface area contributed by atoms with E-state index in [1.165, 1.54) is 0 Å². The minimum absolute atomic E-state index is 0.551. The van der Waals surface area contributed by atoms with Gasteiger partial charge in [0.05, 0.1) is 15.1 Å². The van der Waals surface area contributed by atoms with Crippen molar-refractivity contribution < 1.29 is 0 Å². The molecular formula is C14H12Cl3NS. The lowest BCUT2D eigenvalue weighted by Gasteiger charge is -2.07. The average Bonchev–Trinajstić information content (AvgIpc) is 2.37. The fourth-order valence-electron chi connectivity index (χ4n) is 1.61. The Morgan fingerprint density at radius 1 is 0.947 bits per heavy atom. The van der Waals surface area contributed by atoms with Crippen molar-refractivity contribution in [2.75, 3.05) is 7.05 Å². The molecule has 0 spiro atoms. The van der Waals surface area contributed by atoms with Gasteiger partial charge in [-0.25, -0.2) is 0 Å². The first-order valence-corrected chi connectivity index (χ1v) is 7.61. The van der Waals surface area contributed by atoms with Crippen molar-refractivity contribution in [2.45, 2.75) is 16.3 Å². The van der Waals surface area contributed by atoms with Crippen molar-refractivity contribution in [3.05, 3.63) is 57.0 Å². The predicted molar refractivity (Wildman–Crippen MR) is 84.8 cm³/mol. The van der Waals surface area contributed by atoms with Crippen LogP contribution in [0.15, 0.2) is 46.2 Å². The molecule has 0 aromatic heterocycles. The van der Waals surface area contributed by atoms with Gasteiger partial charge in [0, 0.05) is 16.3 Å². The number of nitrogens with one attached hydrogen (secondary N) is 1. The summed E-state index contributed by atoms with van der Waals surface area (Å²) in [5.74, 6) is 0. The van der Waals surface area contributed by atoms with E-state index >= 15 is 0 Å². The van der Waals surface area contributed by atoms with Crippen LogP contribution in [0.3, 0.4) is 0 Å². The lowest BCUT2D eigenvalue weighted by atomic mass is 10.2. The topological polar surface area (TPSA) is 12.0 Å². The van der Waals surface area contributed by atoms with Crippen molar-refractivity contribution in [1.82, 2.24) is 5.32 Å². The van der Waals surface area contributed by atoms with Crippen LogP contribution in [0.4, 0.5) is 0 Å². The first-order valence-electron chi connectivity index (χ1n) is 5.66. The zero-order chi connectivity index (χ0) is 13.8. The molecule has 0 unspecified atom stereocenters. The average molecular weight is 333 g/mol. The molecule has 0 heterocycles. The molecule has 0 bridgehead atoms. The maximum Gasteiger partial charge on any atom is 0.0603 e. The van der Waals surface area contributed by atoms with Gasteiger partial charge in [0.2, 0.25) is 0 Å². The first-order chi connectivity index (χ1) is 9.10. The Morgan fingerprint density at radius 2 is 1.74 bits per heavy atom. The molecule has 2 aromatic rings. The molecule has 0 aliphatic carbocycles. The van der Waals surface area contributed by atoms with Crippen molar-refractivity contribution in [3.63, 3.8) is 0 Å². The van der Waals surface area contributed by atoms with Crippen LogP contribution in [-0.4, -0.2) is 7.05 Å². The van der Waals surface area contributed by atoms with Gasteiger partial charge in [-0.1, -0.05) is 52.6 Å². The molecule has 0 aliphatic heterocycles. The number of hydrogen-bond donors (Lipinski definition) is 1. The lowest BCUT2D eigenvalue weighted by molar-refractivity contribution is 0.817. The standard InChI is InChI=1S/C14H12Cl3NS/c1-18-8-9-2-5-14(13(17)6-9)19-10-3-4-11(15)12(16)7-10/h2-7,18H,8H2,1H3. The molecule has 0 atom stereocenters. The Labute approximate surface area is 132 Å². The highest BCUT2D eigenvalue weighted by atomic mass is 35.5. The summed E-state index contributed by atoms with van der Waals surface area (Å²) >= 11 is 19.7. The summed E-state index contributed by atoms with van der Waals surface area (Å²) in [6.07, 6.45) is 0. The summed E-state index contributed by atoms with van der Waals surface area (Å²) in [6.45, 7) is 0.803. The fourth-order valence-corrected chi connectivity index (χ4v) is 3.15. The molecule has 0 fully saturated rings. The molecule has 1 nitrogen and oxygen atoms in total. The van der Waals surface area contributed by atoms with Crippen molar-refractivity contribution in [3.8, 4) is 0 Å². The number of benzene rings is 2. The second-order valence-corrected chi connectivity index (χ2v) is 6.31. The Kier molecular flexibility index (Phi) is 5.43. The maximum atomic E-state index is 6.28. The van der Waals surface area contributed by atoms with Crippen LogP contribution >= 0.6 is 46.6 Å². The largest absolute Gasteiger partial charge is 0.316 e. The summed E-state index contributed by atoms with van der Waals surface area (Å²) in [5, 5.41) is 4.94. The van der Waals surface area contributed by atoms with Crippen LogP contribution in [0.1, 0.15) is 5.56 Å². The van der Waals surface area contributed by atoms with Gasteiger partial charge in [-0.15, -0.1) is 0 Å². The van der Waals surface area contributed by atoms with Crippen molar-refractivity contribution >= 4 is 46.6 Å². The minimum Gasteiger partial charge on any atom is -0.316 e. The van der Waals surface area contributed by atoms with E-state index in [9.17, 15) is 0 Å². The molecule has 0 radical (unpaired) electrons. The van der Waals surface area contributed by atoms with Crippen LogP contribution < -0.4 is 5.32 Å². The fraction of sp³-hybridized carbons (Fsp3) is 0.143. The second-order valence-electron chi connectivity index (χ2n) is 3.97. The Hall–Kier alpha value is -0.380. The van der Waals surface area contributed by atoms with Gasteiger partial charge in [0.15, 0.2) is 0 Å². The van der Waals surface area contributed by atoms with Gasteiger partial charge in [-0.2, -0.15) is 0 Å². The van der Waals surface area contributed by atoms with Crippen LogP contribution in [0, 0.1) is 0 Å². The van der Waals surface area contributed by atoms with Gasteiger partial charge in [-0.3, -0.25) is 0 Å². The maximum absolute atomic E-state index is 6.28. The molecular weight excluding hydrogens is 321 g/mol. The van der Waals surface area contributed by atoms with Gasteiger partial charge in [-0.05, 0) is 42.9 Å². The second kappa shape index (κ2) is 6.87. The Morgan fingerprint density at radius 3 is 2.37 bits per heavy atom. The summed E-state index contributed by atoms with van der Waals surface area (Å²) in [7, 11) is 1.91. The summed E-state index contributed by atoms with van der Waals surface area (Å²) in [6, 6.07) is 11.6. The van der Waals surface area contributed by atoms with E-state index < -0.39 is 0 Å². The molecule has 100 valence electrons. The van der Waals surface area contributed by atoms with Crippen LogP contribution in [0.2, 0.25) is 15.1 Å². The smallest absolute Gasteiger partial charge is 0.0603 e. The highest BCUT2D eigenvalue weighted by Crippen LogP contribution is 2.36. The first kappa shape index (κ1) is 15.0. The highest BCUT2D eigenvalue weighted by molar-refractivity contribution is 7.99. The SMILES string of the molecule is CNCc1ccc(Sc2ccc(Cl)c(Cl)c2)c(Cl)c1. The zero-order valence-corrected chi connectivity index (χ0v) is 13.3. The van der Waals surface area contributed by atoms with E-state index in [4.69, 9.17) is 34.8 Å². The number of hydrogen-bond acceptors (Lipinski definition) is 2. The molecule has 19 heavy (non-hydrogen) atoms. The van der Waals surface area contributed by atoms with Gasteiger partial charge in [0.1, 0.15) is 0 Å². The molecule has 0 amide bonds. The van der Waals surface area contributed by atoms with Crippen molar-refractivity contribution in [2.24, 2.45) is 0 Å². The number of halogens is 3. The monoisotopic (exact) mass is 331 g/mol.